The van der Waals surface area contributed by atoms with Gasteiger partial charge in [0.1, 0.15) is 0 Å². The normalized spacial score (nSPS) is 11.9. The van der Waals surface area contributed by atoms with Gasteiger partial charge in [0, 0.05) is 6.42 Å². The van der Waals surface area contributed by atoms with E-state index in [0.29, 0.717) is 0 Å². The van der Waals surface area contributed by atoms with E-state index in [9.17, 15) is 18.0 Å². The summed E-state index contributed by atoms with van der Waals surface area (Å²) in [7, 11) is -4.05. The zero-order valence-electron chi connectivity index (χ0n) is 9.89. The van der Waals surface area contributed by atoms with E-state index in [1.165, 1.54) is 13.8 Å². The third kappa shape index (κ3) is 6.85. The highest BCUT2D eigenvalue weighted by Crippen LogP contribution is 2.09. The zero-order valence-corrected chi connectivity index (χ0v) is 10.7. The summed E-state index contributed by atoms with van der Waals surface area (Å²) in [6.07, 6.45) is 1.03. The van der Waals surface area contributed by atoms with E-state index < -0.39 is 27.3 Å². The molecule has 0 spiro atoms. The molecule has 0 aromatic rings. The molecule has 2 N–H and O–H groups in total. The Morgan fingerprint density at radius 2 is 1.94 bits per heavy atom. The average Bonchev–Trinajstić information content (AvgIpc) is 2.14. The fraction of sp³-hybridized carbons (Fsp3) is 0.600. The summed E-state index contributed by atoms with van der Waals surface area (Å²) in [5, 5.41) is 2.43. The highest BCUT2D eigenvalue weighted by Gasteiger charge is 2.28. The van der Waals surface area contributed by atoms with E-state index in [0.717, 1.165) is 6.08 Å². The van der Waals surface area contributed by atoms with Gasteiger partial charge in [-0.05, 0) is 26.3 Å². The Labute approximate surface area is 101 Å². The molecule has 0 aliphatic carbocycles. The maximum Gasteiger partial charge on any atom is 0.264 e. The van der Waals surface area contributed by atoms with Gasteiger partial charge in [-0.25, -0.2) is 0 Å². The summed E-state index contributed by atoms with van der Waals surface area (Å²) < 4.78 is 29.4. The molecule has 0 rings (SSSR count). The Hall–Kier alpha value is -1.21. The second-order valence-corrected chi connectivity index (χ2v) is 5.70. The molecule has 0 saturated heterocycles. The van der Waals surface area contributed by atoms with Crippen LogP contribution in [0.3, 0.4) is 0 Å². The molecule has 1 amide bonds. The maximum atomic E-state index is 11.7. The van der Waals surface area contributed by atoms with E-state index in [4.69, 9.17) is 4.55 Å². The highest BCUT2D eigenvalue weighted by molar-refractivity contribution is 7.85. The Morgan fingerprint density at radius 1 is 1.41 bits per heavy atom. The number of ketones is 1. The SMILES string of the molecule is C=CC(=O)NC(C)(C)C(=O)CCCS(=O)(=O)O. The topological polar surface area (TPSA) is 101 Å². The van der Waals surface area contributed by atoms with Gasteiger partial charge in [-0.1, -0.05) is 6.58 Å². The van der Waals surface area contributed by atoms with Gasteiger partial charge in [0.2, 0.25) is 5.91 Å². The van der Waals surface area contributed by atoms with Crippen molar-refractivity contribution >= 4 is 21.8 Å². The zero-order chi connectivity index (χ0) is 13.7. The number of Topliss-reactive ketones (excluding diaryl/α,β-unsaturated/α-hetero) is 1. The van der Waals surface area contributed by atoms with Crippen LogP contribution in [-0.4, -0.2) is 36.0 Å². The Morgan fingerprint density at radius 3 is 2.35 bits per heavy atom. The number of nitrogens with one attached hydrogen (secondary N) is 1. The molecule has 0 aliphatic heterocycles. The van der Waals surface area contributed by atoms with Crippen LogP contribution in [0.5, 0.6) is 0 Å². The van der Waals surface area contributed by atoms with Gasteiger partial charge in [0.25, 0.3) is 10.1 Å². The summed E-state index contributed by atoms with van der Waals surface area (Å²) in [5.41, 5.74) is -1.08. The van der Waals surface area contributed by atoms with E-state index in [-0.39, 0.29) is 18.6 Å². The third-order valence-electron chi connectivity index (χ3n) is 2.12. The lowest BCUT2D eigenvalue weighted by Crippen LogP contribution is -2.49. The molecule has 0 bridgehead atoms. The molecule has 0 aliphatic rings. The summed E-state index contributed by atoms with van der Waals surface area (Å²) in [6, 6.07) is 0. The molecular formula is C10H17NO5S. The quantitative estimate of drug-likeness (QED) is 0.508. The van der Waals surface area contributed by atoms with Crippen LogP contribution in [0.15, 0.2) is 12.7 Å². The van der Waals surface area contributed by atoms with Crippen molar-refractivity contribution in [2.45, 2.75) is 32.2 Å². The minimum Gasteiger partial charge on any atom is -0.341 e. The molecule has 98 valence electrons. The number of hydrogen-bond acceptors (Lipinski definition) is 4. The lowest BCUT2D eigenvalue weighted by Gasteiger charge is -2.23. The smallest absolute Gasteiger partial charge is 0.264 e. The van der Waals surface area contributed by atoms with Gasteiger partial charge in [-0.3, -0.25) is 14.1 Å². The van der Waals surface area contributed by atoms with Crippen LogP contribution in [0.4, 0.5) is 0 Å². The predicted molar refractivity (Wildman–Crippen MR) is 63.1 cm³/mol. The van der Waals surface area contributed by atoms with Crippen molar-refractivity contribution in [1.29, 1.82) is 0 Å². The summed E-state index contributed by atoms with van der Waals surface area (Å²) in [6.45, 7) is 6.30. The summed E-state index contributed by atoms with van der Waals surface area (Å²) in [5.74, 6) is -1.25. The van der Waals surface area contributed by atoms with Gasteiger partial charge in [-0.15, -0.1) is 0 Å². The molecule has 7 heteroatoms. The highest BCUT2D eigenvalue weighted by atomic mass is 32.2. The molecule has 0 fully saturated rings. The number of hydrogen-bond donors (Lipinski definition) is 2. The lowest BCUT2D eigenvalue weighted by molar-refractivity contribution is -0.129. The second-order valence-electron chi connectivity index (χ2n) is 4.13. The van der Waals surface area contributed by atoms with Gasteiger partial charge >= 0.3 is 0 Å². The molecular weight excluding hydrogens is 246 g/mol. The van der Waals surface area contributed by atoms with Crippen molar-refractivity contribution in [3.63, 3.8) is 0 Å². The minimum absolute atomic E-state index is 0.0189. The van der Waals surface area contributed by atoms with Gasteiger partial charge < -0.3 is 5.32 Å². The number of amides is 1. The summed E-state index contributed by atoms with van der Waals surface area (Å²) in [4.78, 5) is 22.7. The third-order valence-corrected chi connectivity index (χ3v) is 2.93. The van der Waals surface area contributed by atoms with E-state index in [2.05, 4.69) is 11.9 Å². The van der Waals surface area contributed by atoms with Crippen molar-refractivity contribution in [2.75, 3.05) is 5.75 Å². The van der Waals surface area contributed by atoms with Crippen LogP contribution < -0.4 is 5.32 Å². The van der Waals surface area contributed by atoms with Crippen molar-refractivity contribution < 1.29 is 22.6 Å². The molecule has 0 aromatic carbocycles. The molecule has 0 aromatic heterocycles. The van der Waals surface area contributed by atoms with Gasteiger partial charge in [0.15, 0.2) is 5.78 Å². The van der Waals surface area contributed by atoms with Crippen LogP contribution in [0.2, 0.25) is 0 Å². The Balaban J connectivity index is 4.30. The first-order valence-corrected chi connectivity index (χ1v) is 6.62. The molecule has 0 saturated carbocycles. The van der Waals surface area contributed by atoms with Gasteiger partial charge in [-0.2, -0.15) is 8.42 Å². The fourth-order valence-electron chi connectivity index (χ4n) is 1.16. The number of carbonyl (C=O) groups is 2. The first-order chi connectivity index (χ1) is 7.58. The minimum atomic E-state index is -4.05. The Bertz CT molecular complexity index is 410. The fourth-order valence-corrected chi connectivity index (χ4v) is 1.67. The number of rotatable bonds is 7. The van der Waals surface area contributed by atoms with Crippen LogP contribution >= 0.6 is 0 Å². The first kappa shape index (κ1) is 15.8. The standard InChI is InChI=1S/C10H17NO5S/c1-4-9(13)11-10(2,3)8(12)6-5-7-17(14,15)16/h4H,1,5-7H2,2-3H3,(H,11,13)(H,14,15,16). The van der Waals surface area contributed by atoms with Gasteiger partial charge in [0.05, 0.1) is 11.3 Å². The molecule has 17 heavy (non-hydrogen) atoms. The van der Waals surface area contributed by atoms with Crippen LogP contribution in [-0.2, 0) is 19.7 Å². The monoisotopic (exact) mass is 263 g/mol. The molecule has 0 heterocycles. The lowest BCUT2D eigenvalue weighted by atomic mass is 9.95. The predicted octanol–water partition coefficient (Wildman–Crippen LogP) is 0.304. The van der Waals surface area contributed by atoms with Crippen molar-refractivity contribution in [1.82, 2.24) is 5.32 Å². The summed E-state index contributed by atoms with van der Waals surface area (Å²) >= 11 is 0. The van der Waals surface area contributed by atoms with Crippen molar-refractivity contribution in [2.24, 2.45) is 0 Å². The van der Waals surface area contributed by atoms with E-state index >= 15 is 0 Å². The van der Waals surface area contributed by atoms with Crippen LogP contribution in [0.1, 0.15) is 26.7 Å². The molecule has 0 radical (unpaired) electrons. The first-order valence-electron chi connectivity index (χ1n) is 5.01. The average molecular weight is 263 g/mol. The molecule has 0 atom stereocenters. The van der Waals surface area contributed by atoms with Crippen LogP contribution in [0, 0.1) is 0 Å². The molecule has 6 nitrogen and oxygen atoms in total. The molecule has 0 unspecified atom stereocenters. The van der Waals surface area contributed by atoms with Crippen LogP contribution in [0.25, 0.3) is 0 Å². The Kier molecular flexibility index (Phi) is 5.50. The van der Waals surface area contributed by atoms with Crippen molar-refractivity contribution in [3.8, 4) is 0 Å². The van der Waals surface area contributed by atoms with Crippen molar-refractivity contribution in [3.05, 3.63) is 12.7 Å². The van der Waals surface area contributed by atoms with E-state index in [1.54, 1.807) is 0 Å². The number of carbonyl (C=O) groups excluding carboxylic acids is 2. The van der Waals surface area contributed by atoms with E-state index in [1.807, 2.05) is 0 Å². The second kappa shape index (κ2) is 5.92. The maximum absolute atomic E-state index is 11.7. The largest absolute Gasteiger partial charge is 0.341 e.